The zero-order valence-electron chi connectivity index (χ0n) is 14.0. The third kappa shape index (κ3) is 2.65. The summed E-state index contributed by atoms with van der Waals surface area (Å²) in [5.41, 5.74) is 2.59. The van der Waals surface area contributed by atoms with Crippen molar-refractivity contribution in [3.8, 4) is 0 Å². The van der Waals surface area contributed by atoms with Crippen LogP contribution < -0.4 is 0 Å². The van der Waals surface area contributed by atoms with Gasteiger partial charge in [-0.25, -0.2) is 0 Å². The number of piperidine rings is 1. The lowest BCUT2D eigenvalue weighted by Gasteiger charge is -2.42. The summed E-state index contributed by atoms with van der Waals surface area (Å²) in [7, 11) is 2.21. The molecule has 118 valence electrons. The SMILES string of the molecule is CC=Cc1ccc(C2CC3CCC(C2C(=O)CC)N3C)cc1. The Labute approximate surface area is 134 Å². The average molecular weight is 297 g/mol. The van der Waals surface area contributed by atoms with Crippen molar-refractivity contribution >= 4 is 11.9 Å². The molecule has 2 heterocycles. The first-order valence-electron chi connectivity index (χ1n) is 8.63. The summed E-state index contributed by atoms with van der Waals surface area (Å²) in [5.74, 6) is 1.03. The van der Waals surface area contributed by atoms with E-state index >= 15 is 0 Å². The lowest BCUT2D eigenvalue weighted by molar-refractivity contribution is -0.126. The summed E-state index contributed by atoms with van der Waals surface area (Å²) < 4.78 is 0. The van der Waals surface area contributed by atoms with E-state index in [0.29, 0.717) is 30.2 Å². The van der Waals surface area contributed by atoms with Crippen molar-refractivity contribution in [1.82, 2.24) is 4.90 Å². The molecule has 2 aliphatic heterocycles. The van der Waals surface area contributed by atoms with E-state index in [-0.39, 0.29) is 5.92 Å². The maximum absolute atomic E-state index is 12.6. The van der Waals surface area contributed by atoms with Gasteiger partial charge in [0.1, 0.15) is 5.78 Å². The van der Waals surface area contributed by atoms with Crippen LogP contribution in [-0.4, -0.2) is 29.8 Å². The van der Waals surface area contributed by atoms with Crippen molar-refractivity contribution in [3.05, 3.63) is 41.5 Å². The highest BCUT2D eigenvalue weighted by Crippen LogP contribution is 2.46. The molecule has 0 spiro atoms. The zero-order valence-corrected chi connectivity index (χ0v) is 14.0. The van der Waals surface area contributed by atoms with Crippen LogP contribution in [0, 0.1) is 5.92 Å². The van der Waals surface area contributed by atoms with Crippen LogP contribution in [-0.2, 0) is 4.79 Å². The van der Waals surface area contributed by atoms with Gasteiger partial charge in [0.25, 0.3) is 0 Å². The summed E-state index contributed by atoms with van der Waals surface area (Å²) in [6.45, 7) is 4.05. The summed E-state index contributed by atoms with van der Waals surface area (Å²) in [6.07, 6.45) is 8.41. The van der Waals surface area contributed by atoms with Gasteiger partial charge in [-0.2, -0.15) is 0 Å². The van der Waals surface area contributed by atoms with Crippen molar-refractivity contribution in [2.45, 2.75) is 57.5 Å². The van der Waals surface area contributed by atoms with Crippen LogP contribution in [0.3, 0.4) is 0 Å². The maximum Gasteiger partial charge on any atom is 0.137 e. The van der Waals surface area contributed by atoms with E-state index in [4.69, 9.17) is 0 Å². The predicted molar refractivity (Wildman–Crippen MR) is 91.9 cm³/mol. The minimum atomic E-state index is 0.182. The van der Waals surface area contributed by atoms with E-state index in [1.165, 1.54) is 24.0 Å². The lowest BCUT2D eigenvalue weighted by Crippen LogP contribution is -2.48. The second-order valence-corrected chi connectivity index (χ2v) is 6.82. The molecule has 0 saturated carbocycles. The number of ketones is 1. The first-order valence-corrected chi connectivity index (χ1v) is 8.63. The Hall–Kier alpha value is -1.41. The van der Waals surface area contributed by atoms with Crippen LogP contribution in [0.15, 0.2) is 30.3 Å². The number of benzene rings is 1. The lowest BCUT2D eigenvalue weighted by atomic mass is 9.73. The molecule has 2 bridgehead atoms. The van der Waals surface area contributed by atoms with Crippen LogP contribution in [0.2, 0.25) is 0 Å². The summed E-state index contributed by atoms with van der Waals surface area (Å²) in [6, 6.07) is 9.95. The molecule has 0 aliphatic carbocycles. The van der Waals surface area contributed by atoms with Gasteiger partial charge in [-0.15, -0.1) is 0 Å². The van der Waals surface area contributed by atoms with Gasteiger partial charge in [0.05, 0.1) is 0 Å². The van der Waals surface area contributed by atoms with Gasteiger partial charge >= 0.3 is 0 Å². The number of hydrogen-bond acceptors (Lipinski definition) is 2. The standard InChI is InChI=1S/C20H27NO/c1-4-6-14-7-9-15(10-8-14)17-13-16-11-12-18(21(16)3)20(17)19(22)5-2/h4,6-10,16-18,20H,5,11-13H2,1-3H3. The highest BCUT2D eigenvalue weighted by molar-refractivity contribution is 5.82. The van der Waals surface area contributed by atoms with Gasteiger partial charge in [0, 0.05) is 24.4 Å². The summed E-state index contributed by atoms with van der Waals surface area (Å²) in [5, 5.41) is 0. The number of carbonyl (C=O) groups excluding carboxylic acids is 1. The third-order valence-electron chi connectivity index (χ3n) is 5.71. The number of Topliss-reactive ketones (excluding diaryl/α,β-unsaturated/α-hetero) is 1. The van der Waals surface area contributed by atoms with Gasteiger partial charge in [-0.1, -0.05) is 43.3 Å². The number of fused-ring (bicyclic) bond motifs is 2. The Morgan fingerprint density at radius 3 is 2.64 bits per heavy atom. The molecular formula is C20H27NO. The quantitative estimate of drug-likeness (QED) is 0.827. The van der Waals surface area contributed by atoms with Gasteiger partial charge in [-0.3, -0.25) is 9.69 Å². The fourth-order valence-corrected chi connectivity index (χ4v) is 4.53. The van der Waals surface area contributed by atoms with Gasteiger partial charge in [-0.05, 0) is 50.3 Å². The molecule has 2 aliphatic rings. The molecule has 3 rings (SSSR count). The fourth-order valence-electron chi connectivity index (χ4n) is 4.53. The highest BCUT2D eigenvalue weighted by Gasteiger charge is 2.48. The molecule has 0 amide bonds. The molecule has 1 aromatic carbocycles. The minimum absolute atomic E-state index is 0.182. The Balaban J connectivity index is 1.91. The second-order valence-electron chi connectivity index (χ2n) is 6.82. The van der Waals surface area contributed by atoms with Gasteiger partial charge in [0.2, 0.25) is 0 Å². The fraction of sp³-hybridized carbons (Fsp3) is 0.550. The van der Waals surface area contributed by atoms with E-state index in [2.05, 4.69) is 48.4 Å². The molecule has 22 heavy (non-hydrogen) atoms. The molecule has 0 aromatic heterocycles. The van der Waals surface area contributed by atoms with Crippen molar-refractivity contribution in [2.75, 3.05) is 7.05 Å². The van der Waals surface area contributed by atoms with Crippen LogP contribution in [0.4, 0.5) is 0 Å². The first kappa shape index (κ1) is 15.5. The number of nitrogens with zero attached hydrogens (tertiary/aromatic N) is 1. The molecule has 0 radical (unpaired) electrons. The van der Waals surface area contributed by atoms with Crippen molar-refractivity contribution in [3.63, 3.8) is 0 Å². The Morgan fingerprint density at radius 1 is 1.27 bits per heavy atom. The molecule has 4 unspecified atom stereocenters. The van der Waals surface area contributed by atoms with Gasteiger partial charge < -0.3 is 0 Å². The molecule has 4 atom stereocenters. The molecule has 2 fully saturated rings. The van der Waals surface area contributed by atoms with Gasteiger partial charge in [0.15, 0.2) is 0 Å². The van der Waals surface area contributed by atoms with Crippen LogP contribution >= 0.6 is 0 Å². The second kappa shape index (κ2) is 6.37. The highest BCUT2D eigenvalue weighted by atomic mass is 16.1. The molecular weight excluding hydrogens is 270 g/mol. The molecule has 0 N–H and O–H groups in total. The van der Waals surface area contributed by atoms with E-state index in [1.807, 2.05) is 13.8 Å². The van der Waals surface area contributed by atoms with E-state index in [9.17, 15) is 4.79 Å². The largest absolute Gasteiger partial charge is 0.300 e. The number of carbonyl (C=O) groups is 1. The average Bonchev–Trinajstić information content (AvgIpc) is 2.77. The number of allylic oxidation sites excluding steroid dienone is 1. The summed E-state index contributed by atoms with van der Waals surface area (Å²) >= 11 is 0. The Kier molecular flexibility index (Phi) is 4.49. The molecule has 1 aromatic rings. The Bertz CT molecular complexity index is 560. The first-order chi connectivity index (χ1) is 10.7. The Morgan fingerprint density at radius 2 is 2.00 bits per heavy atom. The van der Waals surface area contributed by atoms with Crippen molar-refractivity contribution in [2.24, 2.45) is 5.92 Å². The predicted octanol–water partition coefficient (Wildman–Crippen LogP) is 4.27. The van der Waals surface area contributed by atoms with E-state index < -0.39 is 0 Å². The molecule has 2 nitrogen and oxygen atoms in total. The third-order valence-corrected chi connectivity index (χ3v) is 5.71. The normalized spacial score (nSPS) is 31.8. The minimum Gasteiger partial charge on any atom is -0.300 e. The van der Waals surface area contributed by atoms with Crippen LogP contribution in [0.1, 0.15) is 56.6 Å². The molecule has 2 saturated heterocycles. The number of hydrogen-bond donors (Lipinski definition) is 0. The zero-order chi connectivity index (χ0) is 15.7. The summed E-state index contributed by atoms with van der Waals surface area (Å²) in [4.78, 5) is 15.1. The van der Waals surface area contributed by atoms with E-state index in [1.54, 1.807) is 0 Å². The van der Waals surface area contributed by atoms with Crippen molar-refractivity contribution in [1.29, 1.82) is 0 Å². The molecule has 2 heteroatoms. The van der Waals surface area contributed by atoms with Crippen molar-refractivity contribution < 1.29 is 4.79 Å². The topological polar surface area (TPSA) is 20.3 Å². The monoisotopic (exact) mass is 297 g/mol. The van der Waals surface area contributed by atoms with Crippen LogP contribution in [0.25, 0.3) is 6.08 Å². The number of rotatable bonds is 4. The maximum atomic E-state index is 12.6. The van der Waals surface area contributed by atoms with Crippen LogP contribution in [0.5, 0.6) is 0 Å². The smallest absolute Gasteiger partial charge is 0.137 e. The van der Waals surface area contributed by atoms with E-state index in [0.717, 1.165) is 6.42 Å².